The lowest BCUT2D eigenvalue weighted by Gasteiger charge is -2.04. The molecule has 0 atom stereocenters. The Morgan fingerprint density at radius 3 is 2.58 bits per heavy atom. The van der Waals surface area contributed by atoms with Gasteiger partial charge >= 0.3 is 5.97 Å². The number of hydroxylamine groups is 2. The van der Waals surface area contributed by atoms with Gasteiger partial charge in [0.05, 0.1) is 10.4 Å². The predicted molar refractivity (Wildman–Crippen MR) is 69.6 cm³/mol. The van der Waals surface area contributed by atoms with E-state index >= 15 is 0 Å². The van der Waals surface area contributed by atoms with Gasteiger partial charge in [-0.25, -0.2) is 9.86 Å². The van der Waals surface area contributed by atoms with Crippen LogP contribution in [0.25, 0.3) is 0 Å². The topological polar surface area (TPSA) is 66.8 Å². The second-order valence-electron chi connectivity index (χ2n) is 3.73. The molecular formula is C13H11NO4S. The standard InChI is InChI=1S/C13H11NO4S/c1-14(17)12(15)11-7-10(8-19-11)18-13(16)9-5-3-2-4-6-9/h2-8,17H,1H3. The number of carbonyl (C=O) groups is 2. The number of thiophene rings is 1. The Hall–Kier alpha value is -2.18. The van der Waals surface area contributed by atoms with Gasteiger partial charge in [0.25, 0.3) is 5.91 Å². The van der Waals surface area contributed by atoms with Gasteiger partial charge in [-0.1, -0.05) is 18.2 Å². The molecule has 0 spiro atoms. The monoisotopic (exact) mass is 277 g/mol. The molecule has 0 bridgehead atoms. The summed E-state index contributed by atoms with van der Waals surface area (Å²) in [6, 6.07) is 9.97. The summed E-state index contributed by atoms with van der Waals surface area (Å²) >= 11 is 1.09. The van der Waals surface area contributed by atoms with E-state index in [0.29, 0.717) is 15.5 Å². The molecule has 1 heterocycles. The maximum Gasteiger partial charge on any atom is 0.343 e. The number of benzene rings is 1. The summed E-state index contributed by atoms with van der Waals surface area (Å²) in [5.74, 6) is -0.759. The van der Waals surface area contributed by atoms with E-state index in [2.05, 4.69) is 0 Å². The van der Waals surface area contributed by atoms with Gasteiger partial charge < -0.3 is 4.74 Å². The van der Waals surface area contributed by atoms with Crippen molar-refractivity contribution >= 4 is 23.2 Å². The molecule has 6 heteroatoms. The maximum absolute atomic E-state index is 11.8. The average Bonchev–Trinajstić information content (AvgIpc) is 2.87. The number of rotatable bonds is 3. The number of esters is 1. The van der Waals surface area contributed by atoms with Gasteiger partial charge in [-0.3, -0.25) is 10.0 Å². The average molecular weight is 277 g/mol. The molecule has 5 nitrogen and oxygen atoms in total. The molecule has 2 rings (SSSR count). The summed E-state index contributed by atoms with van der Waals surface area (Å²) in [4.78, 5) is 23.5. The normalized spacial score (nSPS) is 10.0. The first-order valence-corrected chi connectivity index (χ1v) is 6.28. The molecule has 0 aliphatic carbocycles. The quantitative estimate of drug-likeness (QED) is 0.531. The van der Waals surface area contributed by atoms with Crippen LogP contribution in [0.1, 0.15) is 20.0 Å². The van der Waals surface area contributed by atoms with Gasteiger partial charge in [-0.05, 0) is 12.1 Å². The number of hydrogen-bond acceptors (Lipinski definition) is 5. The molecule has 1 N–H and O–H groups in total. The molecule has 1 aromatic carbocycles. The lowest BCUT2D eigenvalue weighted by molar-refractivity contribution is -0.0371. The summed E-state index contributed by atoms with van der Waals surface area (Å²) in [5.41, 5.74) is 0.431. The number of hydrogen-bond donors (Lipinski definition) is 1. The summed E-state index contributed by atoms with van der Waals surface area (Å²) < 4.78 is 5.13. The third-order valence-corrected chi connectivity index (χ3v) is 3.20. The molecule has 19 heavy (non-hydrogen) atoms. The fraction of sp³-hybridized carbons (Fsp3) is 0.0769. The Bertz CT molecular complexity index is 592. The van der Waals surface area contributed by atoms with E-state index in [1.165, 1.54) is 18.5 Å². The lowest BCUT2D eigenvalue weighted by Crippen LogP contribution is -2.21. The largest absolute Gasteiger partial charge is 0.422 e. The van der Waals surface area contributed by atoms with Gasteiger partial charge in [0.15, 0.2) is 0 Å². The summed E-state index contributed by atoms with van der Waals surface area (Å²) in [6.45, 7) is 0. The molecule has 98 valence electrons. The molecule has 0 aliphatic heterocycles. The number of carbonyl (C=O) groups excluding carboxylic acids is 2. The van der Waals surface area contributed by atoms with Crippen molar-refractivity contribution in [3.8, 4) is 5.75 Å². The molecule has 0 unspecified atom stereocenters. The van der Waals surface area contributed by atoms with Crippen LogP contribution in [0.2, 0.25) is 0 Å². The van der Waals surface area contributed by atoms with E-state index in [4.69, 9.17) is 9.94 Å². The van der Waals surface area contributed by atoms with Crippen LogP contribution < -0.4 is 4.74 Å². The lowest BCUT2D eigenvalue weighted by atomic mass is 10.2. The number of nitrogens with zero attached hydrogens (tertiary/aromatic N) is 1. The Morgan fingerprint density at radius 1 is 1.26 bits per heavy atom. The van der Waals surface area contributed by atoms with Crippen molar-refractivity contribution in [2.45, 2.75) is 0 Å². The maximum atomic E-state index is 11.8. The molecule has 1 aromatic heterocycles. The van der Waals surface area contributed by atoms with Crippen LogP contribution in [-0.2, 0) is 0 Å². The molecule has 0 aliphatic rings. The van der Waals surface area contributed by atoms with Crippen molar-refractivity contribution in [3.63, 3.8) is 0 Å². The molecular weight excluding hydrogens is 266 g/mol. The molecule has 2 aromatic rings. The fourth-order valence-corrected chi connectivity index (χ4v) is 2.16. The summed E-state index contributed by atoms with van der Waals surface area (Å²) in [7, 11) is 1.23. The molecule has 1 amide bonds. The summed E-state index contributed by atoms with van der Waals surface area (Å²) in [6.07, 6.45) is 0. The minimum absolute atomic E-state index is 0.282. The van der Waals surface area contributed by atoms with Crippen LogP contribution in [0.4, 0.5) is 0 Å². The van der Waals surface area contributed by atoms with Crippen LogP contribution in [0, 0.1) is 0 Å². The van der Waals surface area contributed by atoms with E-state index < -0.39 is 11.9 Å². The van der Waals surface area contributed by atoms with Crippen molar-refractivity contribution < 1.29 is 19.5 Å². The van der Waals surface area contributed by atoms with Crippen molar-refractivity contribution in [2.24, 2.45) is 0 Å². The SMILES string of the molecule is CN(O)C(=O)c1cc(OC(=O)c2ccccc2)cs1. The third kappa shape index (κ3) is 3.18. The van der Waals surface area contributed by atoms with Gasteiger partial charge in [0, 0.05) is 18.5 Å². The van der Waals surface area contributed by atoms with Crippen molar-refractivity contribution in [3.05, 3.63) is 52.2 Å². The van der Waals surface area contributed by atoms with E-state index in [-0.39, 0.29) is 5.75 Å². The Labute approximate surface area is 113 Å². The zero-order chi connectivity index (χ0) is 13.8. The smallest absolute Gasteiger partial charge is 0.343 e. The van der Waals surface area contributed by atoms with Gasteiger partial charge in [-0.2, -0.15) is 0 Å². The zero-order valence-corrected chi connectivity index (χ0v) is 10.9. The highest BCUT2D eigenvalue weighted by Gasteiger charge is 2.15. The molecule has 0 radical (unpaired) electrons. The van der Waals surface area contributed by atoms with Crippen molar-refractivity contribution in [1.82, 2.24) is 5.06 Å². The third-order valence-electron chi connectivity index (χ3n) is 2.30. The highest BCUT2D eigenvalue weighted by Crippen LogP contribution is 2.23. The Morgan fingerprint density at radius 2 is 1.95 bits per heavy atom. The van der Waals surface area contributed by atoms with Gasteiger partial charge in [-0.15, -0.1) is 11.3 Å². The first kappa shape index (κ1) is 13.3. The highest BCUT2D eigenvalue weighted by atomic mass is 32.1. The Kier molecular flexibility index (Phi) is 3.94. The zero-order valence-electron chi connectivity index (χ0n) is 10.1. The first-order valence-electron chi connectivity index (χ1n) is 5.40. The Balaban J connectivity index is 2.09. The highest BCUT2D eigenvalue weighted by molar-refractivity contribution is 7.12. The molecule has 0 fully saturated rings. The van der Waals surface area contributed by atoms with E-state index in [1.807, 2.05) is 0 Å². The minimum Gasteiger partial charge on any atom is -0.422 e. The second kappa shape index (κ2) is 5.64. The van der Waals surface area contributed by atoms with Gasteiger partial charge in [0.2, 0.25) is 0 Å². The fourth-order valence-electron chi connectivity index (χ4n) is 1.38. The molecule has 0 saturated carbocycles. The van der Waals surface area contributed by atoms with Crippen LogP contribution in [0.3, 0.4) is 0 Å². The predicted octanol–water partition coefficient (Wildman–Crippen LogP) is 2.43. The van der Waals surface area contributed by atoms with Crippen molar-refractivity contribution in [2.75, 3.05) is 7.05 Å². The first-order chi connectivity index (χ1) is 9.08. The number of amides is 1. The summed E-state index contributed by atoms with van der Waals surface area (Å²) in [5, 5.41) is 11.0. The van der Waals surface area contributed by atoms with Crippen LogP contribution in [-0.4, -0.2) is 29.2 Å². The van der Waals surface area contributed by atoms with E-state index in [1.54, 1.807) is 30.3 Å². The second-order valence-corrected chi connectivity index (χ2v) is 4.64. The van der Waals surface area contributed by atoms with Crippen LogP contribution in [0.5, 0.6) is 5.75 Å². The van der Waals surface area contributed by atoms with E-state index in [9.17, 15) is 9.59 Å². The molecule has 0 saturated heterocycles. The number of ether oxygens (including phenoxy) is 1. The van der Waals surface area contributed by atoms with E-state index in [0.717, 1.165) is 11.3 Å². The van der Waals surface area contributed by atoms with Crippen molar-refractivity contribution in [1.29, 1.82) is 0 Å². The van der Waals surface area contributed by atoms with Crippen LogP contribution in [0.15, 0.2) is 41.8 Å². The van der Waals surface area contributed by atoms with Crippen LogP contribution >= 0.6 is 11.3 Å². The van der Waals surface area contributed by atoms with Gasteiger partial charge in [0.1, 0.15) is 5.75 Å². The minimum atomic E-state index is -0.549.